The van der Waals surface area contributed by atoms with Crippen LogP contribution in [0.25, 0.3) is 0 Å². The Bertz CT molecular complexity index is 1490. The van der Waals surface area contributed by atoms with Crippen molar-refractivity contribution < 1.29 is 43.7 Å². The van der Waals surface area contributed by atoms with Gasteiger partial charge in [0.15, 0.2) is 5.71 Å². The number of hydrogen-bond donors (Lipinski definition) is 1. The average Bonchev–Trinajstić information content (AvgIpc) is 3.43. The molecule has 2 aromatic carbocycles. The zero-order valence-electron chi connectivity index (χ0n) is 26.6. The van der Waals surface area contributed by atoms with Gasteiger partial charge in [0.2, 0.25) is 5.69 Å². The molecule has 0 bridgehead atoms. The minimum Gasteiger partial charge on any atom is -0.691 e. The number of carbonyl (C=O) groups is 1. The number of carboxylic acids is 1. The number of likely N-dealkylation sites (N-methyl/N-ethyl adjacent to an activating group) is 1. The summed E-state index contributed by atoms with van der Waals surface area (Å²) < 4.78 is 11.4. The van der Waals surface area contributed by atoms with E-state index in [4.69, 9.17) is 0 Å². The number of carboxylic acid groups (broad SMARTS) is 1. The van der Waals surface area contributed by atoms with Crippen molar-refractivity contribution in [2.24, 2.45) is 0 Å². The number of fused-ring (bicyclic) bond motifs is 2. The Kier molecular flexibility index (Phi) is 13.1. The zero-order chi connectivity index (χ0) is 33.2. The lowest BCUT2D eigenvalue weighted by atomic mass is 9.75. The highest BCUT2D eigenvalue weighted by atomic mass is 32.2. The minimum absolute atomic E-state index is 0.140. The molecule has 2 unspecified atom stereocenters. The van der Waals surface area contributed by atoms with Crippen LogP contribution in [0.2, 0.25) is 0 Å². The van der Waals surface area contributed by atoms with Crippen LogP contribution < -0.4 is 15.4 Å². The molecule has 0 saturated carbocycles. The van der Waals surface area contributed by atoms with Crippen molar-refractivity contribution in [3.05, 3.63) is 89.7 Å². The van der Waals surface area contributed by atoms with Crippen LogP contribution in [-0.2, 0) is 34.4 Å². The molecule has 1 N–H and O–H groups in total. The number of nitrogens with zero attached hydrogens (tertiary/aromatic N) is 2. The molecule has 2 atom stereocenters. The maximum atomic E-state index is 11.3. The van der Waals surface area contributed by atoms with Crippen LogP contribution in [0, 0.1) is 0 Å². The molecule has 0 aromatic heterocycles. The zero-order valence-corrected chi connectivity index (χ0v) is 28.2. The summed E-state index contributed by atoms with van der Waals surface area (Å²) in [5, 5.41) is 37.0. The number of allylic oxidation sites excluding steroid dienone is 6. The van der Waals surface area contributed by atoms with Gasteiger partial charge < -0.3 is 20.5 Å². The molecule has 0 spiro atoms. The van der Waals surface area contributed by atoms with Gasteiger partial charge in [0.25, 0.3) is 0 Å². The van der Waals surface area contributed by atoms with Crippen molar-refractivity contribution in [1.29, 1.82) is 0 Å². The summed E-state index contributed by atoms with van der Waals surface area (Å²) >= 11 is 1.84. The van der Waals surface area contributed by atoms with Gasteiger partial charge in [-0.25, -0.2) is 0 Å². The summed E-state index contributed by atoms with van der Waals surface area (Å²) in [5.74, 6) is -0.201. The first-order valence-electron chi connectivity index (χ1n) is 15.4. The van der Waals surface area contributed by atoms with Gasteiger partial charge in [0.05, 0.1) is 17.5 Å². The van der Waals surface area contributed by atoms with Crippen LogP contribution in [0.15, 0.2) is 83.4 Å². The summed E-state index contributed by atoms with van der Waals surface area (Å²) in [4.78, 5) is 14.3. The van der Waals surface area contributed by atoms with E-state index < -0.39 is 5.97 Å². The Morgan fingerprint density at radius 1 is 0.978 bits per heavy atom. The van der Waals surface area contributed by atoms with Gasteiger partial charge in [-0.2, -0.15) is 13.2 Å². The average molecular weight is 670 g/mol. The molecular formula is C34H41N2O8S2-. The quantitative estimate of drug-likeness (QED) is 0.0502. The van der Waals surface area contributed by atoms with E-state index in [0.717, 1.165) is 84.0 Å². The molecule has 0 amide bonds. The Balaban J connectivity index is 1.64. The van der Waals surface area contributed by atoms with Crippen molar-refractivity contribution >= 4 is 47.1 Å². The summed E-state index contributed by atoms with van der Waals surface area (Å²) in [7, 11) is 0. The first kappa shape index (κ1) is 35.9. The van der Waals surface area contributed by atoms with Crippen molar-refractivity contribution in [2.45, 2.75) is 75.5 Å². The van der Waals surface area contributed by atoms with Crippen LogP contribution in [0.3, 0.4) is 0 Å². The molecule has 2 aromatic rings. The number of aliphatic carboxylic acids is 1. The molecule has 2 aliphatic rings. The third kappa shape index (κ3) is 7.77. The molecule has 0 aliphatic carbocycles. The number of rotatable bonds is 18. The standard InChI is InChI=1S/C34H42N2O8S2/c1-5-35-28-15-11-10-14-26(28)33(3,21-12-18-32(37)38)30(35)16-8-7-9-17-31-34(4,22-13-23-45-43-41-39)27-24-25(46-44-42-40)19-20-29(27)36(31)6-2/h7-11,14-17,19-20,24H,5-6,12-13,18,21-23H2,1-4H3,(H2-,37,38,39,40)/p-1. The van der Waals surface area contributed by atoms with E-state index in [2.05, 4.69) is 86.3 Å². The van der Waals surface area contributed by atoms with Gasteiger partial charge in [0.1, 0.15) is 6.54 Å². The molecule has 0 saturated heterocycles. The van der Waals surface area contributed by atoms with Gasteiger partial charge in [-0.3, -0.25) is 14.9 Å². The van der Waals surface area contributed by atoms with Crippen LogP contribution in [-0.4, -0.2) is 40.2 Å². The van der Waals surface area contributed by atoms with Gasteiger partial charge >= 0.3 is 5.97 Å². The Morgan fingerprint density at radius 3 is 2.46 bits per heavy atom. The van der Waals surface area contributed by atoms with Crippen molar-refractivity contribution in [3.8, 4) is 0 Å². The van der Waals surface area contributed by atoms with Crippen LogP contribution in [0.4, 0.5) is 11.4 Å². The summed E-state index contributed by atoms with van der Waals surface area (Å²) in [5.41, 5.74) is 6.17. The van der Waals surface area contributed by atoms with Gasteiger partial charge in [0, 0.05) is 70.2 Å². The van der Waals surface area contributed by atoms with Gasteiger partial charge in [-0.05, 0) is 83.2 Å². The maximum Gasteiger partial charge on any atom is 0.303 e. The predicted molar refractivity (Wildman–Crippen MR) is 176 cm³/mol. The lowest BCUT2D eigenvalue weighted by Crippen LogP contribution is -2.31. The highest BCUT2D eigenvalue weighted by Gasteiger charge is 2.46. The normalized spacial score (nSPS) is 21.7. The first-order valence-corrected chi connectivity index (χ1v) is 17.1. The molecule has 2 heterocycles. The summed E-state index contributed by atoms with van der Waals surface area (Å²) in [6, 6.07) is 14.3. The summed E-state index contributed by atoms with van der Waals surface area (Å²) in [6.07, 6.45) is 13.4. The topological polar surface area (TPSA) is 127 Å². The van der Waals surface area contributed by atoms with E-state index in [1.807, 2.05) is 42.5 Å². The molecule has 4 rings (SSSR count). The highest BCUT2D eigenvalue weighted by Crippen LogP contribution is 2.51. The maximum absolute atomic E-state index is 11.3. The van der Waals surface area contributed by atoms with Crippen LogP contribution >= 0.6 is 24.1 Å². The molecule has 10 nitrogen and oxygen atoms in total. The number of benzene rings is 2. The van der Waals surface area contributed by atoms with Crippen molar-refractivity contribution in [3.63, 3.8) is 0 Å². The molecule has 0 fully saturated rings. The largest absolute Gasteiger partial charge is 0.691 e. The summed E-state index contributed by atoms with van der Waals surface area (Å²) in [6.45, 7) is 10.2. The lowest BCUT2D eigenvalue weighted by molar-refractivity contribution is -0.777. The Morgan fingerprint density at radius 2 is 1.74 bits per heavy atom. The second-order valence-electron chi connectivity index (χ2n) is 11.6. The highest BCUT2D eigenvalue weighted by molar-refractivity contribution is 7.94. The van der Waals surface area contributed by atoms with Crippen molar-refractivity contribution in [1.82, 2.24) is 0 Å². The van der Waals surface area contributed by atoms with E-state index in [0.29, 0.717) is 12.2 Å². The Labute approximate surface area is 279 Å². The van der Waals surface area contributed by atoms with Gasteiger partial charge in [-0.15, -0.1) is 0 Å². The van der Waals surface area contributed by atoms with Gasteiger partial charge in [-0.1, -0.05) is 36.4 Å². The molecular weight excluding hydrogens is 629 g/mol. The molecule has 12 heteroatoms. The fourth-order valence-electron chi connectivity index (χ4n) is 6.85. The van der Waals surface area contributed by atoms with Crippen molar-refractivity contribution in [2.75, 3.05) is 23.7 Å². The third-order valence-electron chi connectivity index (χ3n) is 8.92. The van der Waals surface area contributed by atoms with E-state index in [1.165, 1.54) is 11.3 Å². The second kappa shape index (κ2) is 16.8. The number of para-hydroxylation sites is 1. The van der Waals surface area contributed by atoms with E-state index in [9.17, 15) is 20.4 Å². The fraction of sp³-hybridized carbons (Fsp3) is 0.412. The molecule has 2 aliphatic heterocycles. The lowest BCUT2D eigenvalue weighted by Gasteiger charge is -2.30. The molecule has 0 radical (unpaired) electrons. The predicted octanol–water partition coefficient (Wildman–Crippen LogP) is 5.99. The molecule has 46 heavy (non-hydrogen) atoms. The monoisotopic (exact) mass is 669 g/mol. The number of hydrogen-bond acceptors (Lipinski definition) is 10. The SMILES string of the molecule is CCN1/C(=C/C=C/C=C/C2=[N+](CC)c3ccccc3C2(C)CCCC(=O)O)C(C)(CCCSOO[O-])c2cc(SOO[O-])ccc21. The van der Waals surface area contributed by atoms with E-state index >= 15 is 0 Å². The second-order valence-corrected chi connectivity index (χ2v) is 13.1. The third-order valence-corrected chi connectivity index (χ3v) is 10.1. The van der Waals surface area contributed by atoms with Crippen LogP contribution in [0.1, 0.15) is 70.9 Å². The van der Waals surface area contributed by atoms with E-state index in [1.54, 1.807) is 0 Å². The molecule has 248 valence electrons. The smallest absolute Gasteiger partial charge is 0.303 e. The number of anilines is 1. The minimum atomic E-state index is -0.777. The fourth-order valence-corrected chi connectivity index (χ4v) is 7.61. The van der Waals surface area contributed by atoms with Crippen LogP contribution in [0.5, 0.6) is 0 Å². The first-order chi connectivity index (χ1) is 22.2. The Hall–Kier alpha value is -2.94. The van der Waals surface area contributed by atoms with E-state index in [-0.39, 0.29) is 17.3 Å².